The van der Waals surface area contributed by atoms with Gasteiger partial charge >= 0.3 is 0 Å². The number of likely N-dealkylation sites (tertiary alicyclic amines) is 1. The Kier molecular flexibility index (Phi) is 6.70. The molecule has 1 aliphatic rings. The number of benzene rings is 1. The summed E-state index contributed by atoms with van der Waals surface area (Å²) in [6.07, 6.45) is 5.25. The lowest BCUT2D eigenvalue weighted by Crippen LogP contribution is -2.35. The summed E-state index contributed by atoms with van der Waals surface area (Å²) in [5, 5.41) is 3.01. The molecule has 0 aliphatic carbocycles. The first-order valence-electron chi connectivity index (χ1n) is 7.88. The van der Waals surface area contributed by atoms with E-state index in [2.05, 4.69) is 10.2 Å². The van der Waals surface area contributed by atoms with Gasteiger partial charge < -0.3 is 15.0 Å². The van der Waals surface area contributed by atoms with E-state index in [0.717, 1.165) is 12.1 Å². The van der Waals surface area contributed by atoms with E-state index >= 15 is 0 Å². The number of hydrogen-bond donors (Lipinski definition) is 1. The number of rotatable bonds is 6. The van der Waals surface area contributed by atoms with E-state index in [0.29, 0.717) is 18.7 Å². The van der Waals surface area contributed by atoms with Crippen LogP contribution in [-0.4, -0.2) is 44.1 Å². The number of carbonyl (C=O) groups excluding carboxylic acids is 1. The Balaban J connectivity index is 1.77. The first-order valence-corrected chi connectivity index (χ1v) is 7.88. The highest BCUT2D eigenvalue weighted by Gasteiger charge is 2.10. The maximum Gasteiger partial charge on any atom is 0.251 e. The topological polar surface area (TPSA) is 41.6 Å². The van der Waals surface area contributed by atoms with Crippen molar-refractivity contribution >= 4 is 5.91 Å². The minimum atomic E-state index is 0.00257. The molecule has 2 rings (SSSR count). The molecule has 0 saturated carbocycles. The highest BCUT2D eigenvalue weighted by atomic mass is 16.5. The van der Waals surface area contributed by atoms with Crippen LogP contribution in [0.15, 0.2) is 24.3 Å². The van der Waals surface area contributed by atoms with E-state index in [1.54, 1.807) is 7.11 Å². The van der Waals surface area contributed by atoms with Gasteiger partial charge in [0, 0.05) is 25.8 Å². The van der Waals surface area contributed by atoms with Crippen LogP contribution in [-0.2, 0) is 11.3 Å². The molecule has 4 heteroatoms. The van der Waals surface area contributed by atoms with Gasteiger partial charge in [-0.15, -0.1) is 0 Å². The van der Waals surface area contributed by atoms with Gasteiger partial charge in [-0.1, -0.05) is 25.0 Å². The molecule has 0 atom stereocenters. The Morgan fingerprint density at radius 3 is 2.71 bits per heavy atom. The molecular weight excluding hydrogens is 264 g/mol. The molecule has 21 heavy (non-hydrogen) atoms. The predicted octanol–water partition coefficient (Wildman–Crippen LogP) is 2.44. The normalized spacial score (nSPS) is 16.4. The Morgan fingerprint density at radius 1 is 1.24 bits per heavy atom. The van der Waals surface area contributed by atoms with Crippen molar-refractivity contribution in [3.63, 3.8) is 0 Å². The quantitative estimate of drug-likeness (QED) is 0.875. The molecule has 1 N–H and O–H groups in total. The number of amides is 1. The van der Waals surface area contributed by atoms with Crippen LogP contribution in [0, 0.1) is 0 Å². The number of methoxy groups -OCH3 is 1. The molecule has 1 aliphatic heterocycles. The Morgan fingerprint density at radius 2 is 2.00 bits per heavy atom. The van der Waals surface area contributed by atoms with Crippen molar-refractivity contribution in [3.05, 3.63) is 35.4 Å². The average Bonchev–Trinajstić information content (AvgIpc) is 2.76. The monoisotopic (exact) mass is 290 g/mol. The zero-order valence-electron chi connectivity index (χ0n) is 12.9. The minimum absolute atomic E-state index is 0.00257. The van der Waals surface area contributed by atoms with E-state index in [-0.39, 0.29) is 5.91 Å². The molecule has 116 valence electrons. The summed E-state index contributed by atoms with van der Waals surface area (Å²) in [5.41, 5.74) is 1.73. The number of nitrogens with zero attached hydrogens (tertiary/aromatic N) is 1. The van der Waals surface area contributed by atoms with Crippen LogP contribution in [0.4, 0.5) is 0 Å². The molecule has 0 spiro atoms. The molecule has 0 unspecified atom stereocenters. The Hall–Kier alpha value is -1.39. The molecule has 1 fully saturated rings. The van der Waals surface area contributed by atoms with Gasteiger partial charge in [0.1, 0.15) is 0 Å². The smallest absolute Gasteiger partial charge is 0.251 e. The molecule has 0 radical (unpaired) electrons. The van der Waals surface area contributed by atoms with Gasteiger partial charge in [-0.25, -0.2) is 0 Å². The summed E-state index contributed by atoms with van der Waals surface area (Å²) in [6.45, 7) is 4.53. The summed E-state index contributed by atoms with van der Waals surface area (Å²) in [7, 11) is 1.66. The fraction of sp³-hybridized carbons (Fsp3) is 0.588. The maximum atomic E-state index is 12.1. The van der Waals surface area contributed by atoms with Crippen LogP contribution in [0.2, 0.25) is 0 Å². The summed E-state index contributed by atoms with van der Waals surface area (Å²) < 4.78 is 5.10. The van der Waals surface area contributed by atoms with Crippen LogP contribution >= 0.6 is 0 Å². The van der Waals surface area contributed by atoms with Gasteiger partial charge in [-0.3, -0.25) is 4.79 Å². The van der Waals surface area contributed by atoms with Gasteiger partial charge in [-0.2, -0.15) is 0 Å². The molecular formula is C17H26N2O2. The molecule has 1 heterocycles. The van der Waals surface area contributed by atoms with Crippen LogP contribution in [0.5, 0.6) is 0 Å². The van der Waals surface area contributed by atoms with Gasteiger partial charge in [0.25, 0.3) is 5.91 Å². The van der Waals surface area contributed by atoms with E-state index in [9.17, 15) is 4.79 Å². The van der Waals surface area contributed by atoms with Crippen LogP contribution in [0.3, 0.4) is 0 Å². The standard InChI is InChI=1S/C17H26N2O2/c1-21-14-15-7-6-8-16(13-15)17(20)18-9-12-19-10-4-2-3-5-11-19/h6-8,13H,2-5,9-12,14H2,1H3,(H,18,20). The maximum absolute atomic E-state index is 12.1. The van der Waals surface area contributed by atoms with Gasteiger partial charge in [-0.05, 0) is 43.6 Å². The fourth-order valence-corrected chi connectivity index (χ4v) is 2.76. The van der Waals surface area contributed by atoms with Gasteiger partial charge in [0.2, 0.25) is 0 Å². The molecule has 1 amide bonds. The number of nitrogens with one attached hydrogen (secondary N) is 1. The summed E-state index contributed by atoms with van der Waals surface area (Å²) in [5.74, 6) is 0.00257. The predicted molar refractivity (Wildman–Crippen MR) is 84.4 cm³/mol. The minimum Gasteiger partial charge on any atom is -0.380 e. The number of carbonyl (C=O) groups is 1. The highest BCUT2D eigenvalue weighted by molar-refractivity contribution is 5.94. The third kappa shape index (κ3) is 5.48. The second kappa shape index (κ2) is 8.80. The first kappa shape index (κ1) is 16.0. The van der Waals surface area contributed by atoms with Crippen molar-refractivity contribution in [2.75, 3.05) is 33.3 Å². The zero-order chi connectivity index (χ0) is 14.9. The first-order chi connectivity index (χ1) is 10.3. The van der Waals surface area contributed by atoms with Crippen molar-refractivity contribution in [2.24, 2.45) is 0 Å². The average molecular weight is 290 g/mol. The van der Waals surface area contributed by atoms with Gasteiger partial charge in [0.15, 0.2) is 0 Å². The number of hydrogen-bond acceptors (Lipinski definition) is 3. The Labute approximate surface area is 127 Å². The summed E-state index contributed by atoms with van der Waals surface area (Å²) >= 11 is 0. The van der Waals surface area contributed by atoms with Crippen molar-refractivity contribution in [1.29, 1.82) is 0 Å². The third-order valence-electron chi connectivity index (χ3n) is 3.91. The molecule has 1 saturated heterocycles. The highest BCUT2D eigenvalue weighted by Crippen LogP contribution is 2.09. The lowest BCUT2D eigenvalue weighted by Gasteiger charge is -2.19. The third-order valence-corrected chi connectivity index (χ3v) is 3.91. The second-order valence-electron chi connectivity index (χ2n) is 5.65. The molecule has 0 aromatic heterocycles. The van der Waals surface area contributed by atoms with E-state index in [4.69, 9.17) is 4.74 Å². The molecule has 1 aromatic carbocycles. The summed E-state index contributed by atoms with van der Waals surface area (Å²) in [4.78, 5) is 14.6. The lowest BCUT2D eigenvalue weighted by atomic mass is 10.1. The van der Waals surface area contributed by atoms with E-state index < -0.39 is 0 Å². The summed E-state index contributed by atoms with van der Waals surface area (Å²) in [6, 6.07) is 7.61. The lowest BCUT2D eigenvalue weighted by molar-refractivity contribution is 0.0948. The van der Waals surface area contributed by atoms with Crippen LogP contribution in [0.1, 0.15) is 41.6 Å². The van der Waals surface area contributed by atoms with E-state index in [1.807, 2.05) is 24.3 Å². The van der Waals surface area contributed by atoms with Crippen LogP contribution in [0.25, 0.3) is 0 Å². The van der Waals surface area contributed by atoms with Crippen molar-refractivity contribution in [2.45, 2.75) is 32.3 Å². The molecule has 0 bridgehead atoms. The fourth-order valence-electron chi connectivity index (χ4n) is 2.76. The Bertz CT molecular complexity index is 440. The zero-order valence-corrected chi connectivity index (χ0v) is 12.9. The second-order valence-corrected chi connectivity index (χ2v) is 5.65. The SMILES string of the molecule is COCc1cccc(C(=O)NCCN2CCCCCC2)c1. The molecule has 4 nitrogen and oxygen atoms in total. The molecule has 1 aromatic rings. The van der Waals surface area contributed by atoms with Crippen LogP contribution < -0.4 is 5.32 Å². The van der Waals surface area contributed by atoms with E-state index in [1.165, 1.54) is 38.8 Å². The van der Waals surface area contributed by atoms with Crippen molar-refractivity contribution in [3.8, 4) is 0 Å². The van der Waals surface area contributed by atoms with Gasteiger partial charge in [0.05, 0.1) is 6.61 Å². The largest absolute Gasteiger partial charge is 0.380 e. The van der Waals surface area contributed by atoms with Crippen molar-refractivity contribution < 1.29 is 9.53 Å². The number of ether oxygens (including phenoxy) is 1. The van der Waals surface area contributed by atoms with Crippen molar-refractivity contribution in [1.82, 2.24) is 10.2 Å².